The first-order valence-electron chi connectivity index (χ1n) is 6.66. The Balaban J connectivity index is 1.87. The predicted molar refractivity (Wildman–Crippen MR) is 66.4 cm³/mol. The molecule has 3 N–H and O–H groups in total. The highest BCUT2D eigenvalue weighted by Crippen LogP contribution is 2.44. The highest BCUT2D eigenvalue weighted by molar-refractivity contribution is 5.84. The van der Waals surface area contributed by atoms with Crippen LogP contribution >= 0.6 is 0 Å². The molecule has 0 bridgehead atoms. The SMILES string of the molecule is CC1CC(CN)(C(=O)NC(C)C2CCOC2)C1. The predicted octanol–water partition coefficient (Wildman–Crippen LogP) is 0.903. The van der Waals surface area contributed by atoms with Crippen LogP contribution in [0.3, 0.4) is 0 Å². The zero-order valence-electron chi connectivity index (χ0n) is 10.9. The molecule has 1 saturated carbocycles. The summed E-state index contributed by atoms with van der Waals surface area (Å²) in [6, 6.07) is 0.198. The standard InChI is InChI=1S/C13H24N2O2/c1-9-5-13(6-9,8-14)12(16)15-10(2)11-3-4-17-7-11/h9-11H,3-8,14H2,1-2H3,(H,15,16). The van der Waals surface area contributed by atoms with Gasteiger partial charge in [0.2, 0.25) is 5.91 Å². The topological polar surface area (TPSA) is 64.4 Å². The summed E-state index contributed by atoms with van der Waals surface area (Å²) in [5.41, 5.74) is 5.49. The molecule has 2 aliphatic rings. The second-order valence-electron chi connectivity index (χ2n) is 5.88. The van der Waals surface area contributed by atoms with Gasteiger partial charge in [-0.05, 0) is 32.1 Å². The molecule has 0 radical (unpaired) electrons. The van der Waals surface area contributed by atoms with Gasteiger partial charge in [0.1, 0.15) is 0 Å². The van der Waals surface area contributed by atoms with Gasteiger partial charge in [-0.25, -0.2) is 0 Å². The zero-order valence-corrected chi connectivity index (χ0v) is 10.9. The van der Waals surface area contributed by atoms with E-state index in [0.29, 0.717) is 18.4 Å². The van der Waals surface area contributed by atoms with Crippen molar-refractivity contribution in [1.82, 2.24) is 5.32 Å². The maximum atomic E-state index is 12.3. The van der Waals surface area contributed by atoms with Crippen LogP contribution in [0.15, 0.2) is 0 Å². The van der Waals surface area contributed by atoms with Crippen LogP contribution in [0.1, 0.15) is 33.1 Å². The van der Waals surface area contributed by atoms with Crippen LogP contribution in [-0.2, 0) is 9.53 Å². The number of nitrogens with two attached hydrogens (primary N) is 1. The maximum Gasteiger partial charge on any atom is 0.227 e. The molecule has 1 amide bonds. The first-order valence-corrected chi connectivity index (χ1v) is 6.66. The van der Waals surface area contributed by atoms with Crippen molar-refractivity contribution in [3.63, 3.8) is 0 Å². The first kappa shape index (κ1) is 12.8. The van der Waals surface area contributed by atoms with Gasteiger partial charge < -0.3 is 15.8 Å². The molecule has 1 heterocycles. The van der Waals surface area contributed by atoms with E-state index in [9.17, 15) is 4.79 Å². The van der Waals surface area contributed by atoms with Crippen molar-refractivity contribution in [2.75, 3.05) is 19.8 Å². The molecule has 2 atom stereocenters. The Morgan fingerprint density at radius 3 is 2.76 bits per heavy atom. The summed E-state index contributed by atoms with van der Waals surface area (Å²) < 4.78 is 5.35. The molecule has 1 aliphatic carbocycles. The lowest BCUT2D eigenvalue weighted by Gasteiger charge is -2.45. The summed E-state index contributed by atoms with van der Waals surface area (Å²) in [7, 11) is 0. The number of ether oxygens (including phenoxy) is 1. The second kappa shape index (κ2) is 4.94. The quantitative estimate of drug-likeness (QED) is 0.767. The van der Waals surface area contributed by atoms with Crippen LogP contribution in [0.5, 0.6) is 0 Å². The lowest BCUT2D eigenvalue weighted by Crippen LogP contribution is -2.56. The van der Waals surface area contributed by atoms with Gasteiger partial charge in [-0.15, -0.1) is 0 Å². The van der Waals surface area contributed by atoms with E-state index in [1.807, 2.05) is 0 Å². The summed E-state index contributed by atoms with van der Waals surface area (Å²) in [6.07, 6.45) is 2.92. The number of carbonyl (C=O) groups is 1. The molecular formula is C13H24N2O2. The highest BCUT2D eigenvalue weighted by atomic mass is 16.5. The van der Waals surface area contributed by atoms with E-state index < -0.39 is 0 Å². The third-order valence-corrected chi connectivity index (χ3v) is 4.38. The van der Waals surface area contributed by atoms with Gasteiger partial charge >= 0.3 is 0 Å². The molecule has 2 rings (SSSR count). The molecule has 17 heavy (non-hydrogen) atoms. The maximum absolute atomic E-state index is 12.3. The van der Waals surface area contributed by atoms with E-state index in [-0.39, 0.29) is 17.4 Å². The van der Waals surface area contributed by atoms with Crippen LogP contribution in [0.4, 0.5) is 0 Å². The van der Waals surface area contributed by atoms with Crippen LogP contribution in [0.25, 0.3) is 0 Å². The fraction of sp³-hybridized carbons (Fsp3) is 0.923. The van der Waals surface area contributed by atoms with Crippen molar-refractivity contribution in [1.29, 1.82) is 0 Å². The van der Waals surface area contributed by atoms with E-state index in [1.165, 1.54) is 0 Å². The molecule has 1 aliphatic heterocycles. The molecule has 0 spiro atoms. The van der Waals surface area contributed by atoms with Gasteiger partial charge in [0.25, 0.3) is 0 Å². The summed E-state index contributed by atoms with van der Waals surface area (Å²) in [6.45, 7) is 6.31. The monoisotopic (exact) mass is 240 g/mol. The lowest BCUT2D eigenvalue weighted by molar-refractivity contribution is -0.139. The molecule has 2 unspecified atom stereocenters. The van der Waals surface area contributed by atoms with E-state index in [1.54, 1.807) is 0 Å². The van der Waals surface area contributed by atoms with Gasteiger partial charge in [-0.2, -0.15) is 0 Å². The molecule has 4 heteroatoms. The fourth-order valence-corrected chi connectivity index (χ4v) is 3.14. The van der Waals surface area contributed by atoms with E-state index in [4.69, 9.17) is 10.5 Å². The normalized spacial score (nSPS) is 38.5. The summed E-state index contributed by atoms with van der Waals surface area (Å²) in [5.74, 6) is 1.25. The second-order valence-corrected chi connectivity index (χ2v) is 5.88. The third kappa shape index (κ3) is 2.47. The molecule has 1 saturated heterocycles. The van der Waals surface area contributed by atoms with Crippen LogP contribution in [0.2, 0.25) is 0 Å². The van der Waals surface area contributed by atoms with Gasteiger partial charge in [-0.3, -0.25) is 4.79 Å². The Bertz CT molecular complexity index is 281. The highest BCUT2D eigenvalue weighted by Gasteiger charge is 2.47. The van der Waals surface area contributed by atoms with E-state index >= 15 is 0 Å². The van der Waals surface area contributed by atoms with Crippen LogP contribution < -0.4 is 11.1 Å². The van der Waals surface area contributed by atoms with Gasteiger partial charge in [0.05, 0.1) is 12.0 Å². The van der Waals surface area contributed by atoms with Crippen molar-refractivity contribution < 1.29 is 9.53 Å². The van der Waals surface area contributed by atoms with Gasteiger partial charge in [0.15, 0.2) is 0 Å². The number of nitrogens with one attached hydrogen (secondary N) is 1. The summed E-state index contributed by atoms with van der Waals surface area (Å²) >= 11 is 0. The molecule has 0 aromatic rings. The van der Waals surface area contributed by atoms with Gasteiger partial charge in [-0.1, -0.05) is 6.92 Å². The largest absolute Gasteiger partial charge is 0.381 e. The lowest BCUT2D eigenvalue weighted by atomic mass is 9.62. The fourth-order valence-electron chi connectivity index (χ4n) is 3.14. The smallest absolute Gasteiger partial charge is 0.227 e. The molecule has 0 aromatic carbocycles. The number of amides is 1. The van der Waals surface area contributed by atoms with Crippen LogP contribution in [-0.4, -0.2) is 31.7 Å². The number of carbonyl (C=O) groups excluding carboxylic acids is 1. The molecule has 0 aromatic heterocycles. The average Bonchev–Trinajstić information content (AvgIpc) is 2.77. The van der Waals surface area contributed by atoms with Crippen molar-refractivity contribution in [3.05, 3.63) is 0 Å². The Kier molecular flexibility index (Phi) is 3.73. The number of hydrogen-bond acceptors (Lipinski definition) is 3. The Hall–Kier alpha value is -0.610. The Labute approximate surface area is 103 Å². The number of hydrogen-bond donors (Lipinski definition) is 2. The molecule has 98 valence electrons. The third-order valence-electron chi connectivity index (χ3n) is 4.38. The van der Waals surface area contributed by atoms with Gasteiger partial charge in [0, 0.05) is 25.1 Å². The zero-order chi connectivity index (χ0) is 12.5. The van der Waals surface area contributed by atoms with Crippen molar-refractivity contribution >= 4 is 5.91 Å². The average molecular weight is 240 g/mol. The van der Waals surface area contributed by atoms with E-state index in [2.05, 4.69) is 19.2 Å². The Morgan fingerprint density at radius 2 is 2.29 bits per heavy atom. The summed E-state index contributed by atoms with van der Waals surface area (Å²) in [5, 5.41) is 3.14. The van der Waals surface area contributed by atoms with Crippen molar-refractivity contribution in [2.45, 2.75) is 39.2 Å². The summed E-state index contributed by atoms with van der Waals surface area (Å²) in [4.78, 5) is 12.3. The van der Waals surface area contributed by atoms with Crippen molar-refractivity contribution in [2.24, 2.45) is 23.0 Å². The molecule has 2 fully saturated rings. The minimum absolute atomic E-state index is 0.150. The van der Waals surface area contributed by atoms with Crippen LogP contribution in [0, 0.1) is 17.3 Å². The minimum atomic E-state index is -0.285. The Morgan fingerprint density at radius 1 is 1.59 bits per heavy atom. The minimum Gasteiger partial charge on any atom is -0.381 e. The van der Waals surface area contributed by atoms with Crippen molar-refractivity contribution in [3.8, 4) is 0 Å². The molecule has 4 nitrogen and oxygen atoms in total. The first-order chi connectivity index (χ1) is 8.07. The number of rotatable bonds is 4. The van der Waals surface area contributed by atoms with E-state index in [0.717, 1.165) is 32.5 Å². The molecular weight excluding hydrogens is 216 g/mol.